The number of hydrogen-bond acceptors (Lipinski definition) is 2. The van der Waals surface area contributed by atoms with Gasteiger partial charge in [-0.05, 0) is 6.92 Å². The molecule has 0 radical (unpaired) electrons. The van der Waals surface area contributed by atoms with Crippen molar-refractivity contribution in [3.05, 3.63) is 60.2 Å². The molecule has 2 nitrogen and oxygen atoms in total. The van der Waals surface area contributed by atoms with Crippen molar-refractivity contribution in [3.8, 4) is 0 Å². The summed E-state index contributed by atoms with van der Waals surface area (Å²) in [5, 5.41) is 0. The molecule has 0 unspecified atom stereocenters. The molecule has 0 aliphatic carbocycles. The van der Waals surface area contributed by atoms with Gasteiger partial charge in [0, 0.05) is 17.1 Å². The molecule has 0 aliphatic rings. The summed E-state index contributed by atoms with van der Waals surface area (Å²) in [5.41, 5.74) is 0.627. The van der Waals surface area contributed by atoms with E-state index in [9.17, 15) is 4.79 Å². The normalized spacial score (nSPS) is 8.31. The minimum absolute atomic E-state index is 0. The Kier molecular flexibility index (Phi) is 8.22. The van der Waals surface area contributed by atoms with E-state index in [-0.39, 0.29) is 23.0 Å². The van der Waals surface area contributed by atoms with Gasteiger partial charge in [0.1, 0.15) is 0 Å². The Hall–Kier alpha value is -1.31. The quantitative estimate of drug-likeness (QED) is 0.470. The molecule has 0 spiro atoms. The van der Waals surface area contributed by atoms with Crippen molar-refractivity contribution in [3.63, 3.8) is 0 Å². The smallest absolute Gasteiger partial charge is 0.281 e. The summed E-state index contributed by atoms with van der Waals surface area (Å²) >= 11 is 0. The molecule has 2 aromatic carbocycles. The van der Waals surface area contributed by atoms with E-state index in [1.54, 1.807) is 19.1 Å². The molecule has 2 rings (SSSR count). The molecular formula is C13H14FeO2-6. The van der Waals surface area contributed by atoms with E-state index in [1.807, 2.05) is 42.5 Å². The third kappa shape index (κ3) is 5.54. The summed E-state index contributed by atoms with van der Waals surface area (Å²) in [5.74, 6) is -0.243. The van der Waals surface area contributed by atoms with E-state index < -0.39 is 0 Å². The van der Waals surface area contributed by atoms with Crippen molar-refractivity contribution in [2.24, 2.45) is 0 Å². The van der Waals surface area contributed by atoms with Crippen LogP contribution in [0, 0.1) is 0 Å². The van der Waals surface area contributed by atoms with Crippen LogP contribution in [0.25, 0.3) is 0 Å². The zero-order chi connectivity index (χ0) is 10.9. The minimum atomic E-state index is -0.243. The van der Waals surface area contributed by atoms with Gasteiger partial charge in [0.2, 0.25) is 0 Å². The zero-order valence-electron chi connectivity index (χ0n) is 9.07. The molecule has 16 heavy (non-hydrogen) atoms. The van der Waals surface area contributed by atoms with Crippen molar-refractivity contribution in [2.45, 2.75) is 6.92 Å². The molecule has 0 saturated heterocycles. The van der Waals surface area contributed by atoms with Gasteiger partial charge in [0.15, 0.2) is 0 Å². The third-order valence-corrected chi connectivity index (χ3v) is 1.73. The van der Waals surface area contributed by atoms with Gasteiger partial charge in [-0.1, -0.05) is 5.56 Å². The molecule has 0 amide bonds. The summed E-state index contributed by atoms with van der Waals surface area (Å²) in [6, 6.07) is 17.1. The Labute approximate surface area is 106 Å². The fourth-order valence-electron chi connectivity index (χ4n) is 1.05. The fourth-order valence-corrected chi connectivity index (χ4v) is 1.05. The second kappa shape index (κ2) is 8.95. The zero-order valence-corrected chi connectivity index (χ0v) is 10.2. The van der Waals surface area contributed by atoms with Gasteiger partial charge in [-0.3, -0.25) is 4.79 Å². The number of ether oxygens (including phenoxy) is 1. The van der Waals surface area contributed by atoms with E-state index in [4.69, 9.17) is 4.74 Å². The maximum atomic E-state index is 10.9. The molecule has 92 valence electrons. The number of esters is 1. The second-order valence-electron chi connectivity index (χ2n) is 2.86. The molecule has 0 saturated carbocycles. The molecule has 3 heteroatoms. The fraction of sp³-hybridized carbons (Fsp3) is 0.154. The summed E-state index contributed by atoms with van der Waals surface area (Å²) in [6.07, 6.45) is 0. The molecule has 0 bridgehead atoms. The standard InChI is InChI=1S/C8H9O2.C5H5.Fe/c1-2-10-8(9)7-5-3-4-6-7;1-2-4-5-3-1;/h3-6H,2H2,1H3;1-5H;/q-1;-5;. The summed E-state index contributed by atoms with van der Waals surface area (Å²) in [4.78, 5) is 10.9. The molecule has 0 aliphatic heterocycles. The first-order chi connectivity index (χ1) is 7.34. The third-order valence-electron chi connectivity index (χ3n) is 1.73. The maximum Gasteiger partial charge on any atom is 0.281 e. The van der Waals surface area contributed by atoms with Crippen LogP contribution in [-0.4, -0.2) is 12.6 Å². The first kappa shape index (κ1) is 14.7. The number of carbonyl (C=O) groups is 1. The van der Waals surface area contributed by atoms with Crippen molar-refractivity contribution >= 4 is 5.97 Å². The molecular weight excluding hydrogens is 244 g/mol. The van der Waals surface area contributed by atoms with Gasteiger partial charge < -0.3 is 35.1 Å². The first-order valence-corrected chi connectivity index (χ1v) is 4.90. The molecule has 0 heterocycles. The number of rotatable bonds is 2. The van der Waals surface area contributed by atoms with Gasteiger partial charge >= 0.3 is 0 Å². The average molecular weight is 258 g/mol. The largest absolute Gasteiger partial charge is 0.748 e. The first-order valence-electron chi connectivity index (χ1n) is 4.90. The molecule has 0 N–H and O–H groups in total. The minimum Gasteiger partial charge on any atom is -0.748 e. The molecule has 2 aromatic rings. The summed E-state index contributed by atoms with van der Waals surface area (Å²) < 4.78 is 4.75. The Morgan fingerprint density at radius 1 is 1.12 bits per heavy atom. The van der Waals surface area contributed by atoms with Crippen LogP contribution >= 0.6 is 0 Å². The van der Waals surface area contributed by atoms with Gasteiger partial charge in [0.05, 0.1) is 6.61 Å². The van der Waals surface area contributed by atoms with E-state index in [2.05, 4.69) is 0 Å². The van der Waals surface area contributed by atoms with Crippen LogP contribution in [0.2, 0.25) is 0 Å². The van der Waals surface area contributed by atoms with Crippen LogP contribution in [0.15, 0.2) is 54.6 Å². The van der Waals surface area contributed by atoms with Gasteiger partial charge in [0.25, 0.3) is 5.97 Å². The van der Waals surface area contributed by atoms with Crippen LogP contribution in [0.3, 0.4) is 0 Å². The van der Waals surface area contributed by atoms with Crippen molar-refractivity contribution in [1.29, 1.82) is 0 Å². The average Bonchev–Trinajstić information content (AvgIpc) is 2.95. The Bertz CT molecular complexity index is 332. The van der Waals surface area contributed by atoms with Crippen molar-refractivity contribution < 1.29 is 26.6 Å². The van der Waals surface area contributed by atoms with Gasteiger partial charge in [-0.25, -0.2) is 12.1 Å². The van der Waals surface area contributed by atoms with E-state index in [0.717, 1.165) is 0 Å². The molecule has 0 fully saturated rings. The summed E-state index contributed by atoms with van der Waals surface area (Å²) in [6.45, 7) is 2.23. The summed E-state index contributed by atoms with van der Waals surface area (Å²) in [7, 11) is 0. The topological polar surface area (TPSA) is 26.3 Å². The maximum absolute atomic E-state index is 10.9. The van der Waals surface area contributed by atoms with Crippen LogP contribution in [0.5, 0.6) is 0 Å². The monoisotopic (exact) mass is 258 g/mol. The van der Waals surface area contributed by atoms with Crippen molar-refractivity contribution in [2.75, 3.05) is 6.61 Å². The molecule has 0 atom stereocenters. The molecule has 0 aromatic heterocycles. The van der Waals surface area contributed by atoms with Crippen LogP contribution in [0.1, 0.15) is 17.3 Å². The van der Waals surface area contributed by atoms with Gasteiger partial charge in [-0.15, -0.1) is 0 Å². The van der Waals surface area contributed by atoms with Crippen molar-refractivity contribution in [1.82, 2.24) is 0 Å². The number of hydrogen-bond donors (Lipinski definition) is 0. The van der Waals surface area contributed by atoms with Crippen LogP contribution < -0.4 is 0 Å². The predicted octanol–water partition coefficient (Wildman–Crippen LogP) is 2.99. The van der Waals surface area contributed by atoms with Crippen LogP contribution in [0.4, 0.5) is 0 Å². The SMILES string of the molecule is CCOC(=O)[c-]1cccc1.[Fe].[cH-]1[cH-][cH-][cH-][cH-]1. The van der Waals surface area contributed by atoms with E-state index >= 15 is 0 Å². The number of carbonyl (C=O) groups excluding carboxylic acids is 1. The Morgan fingerprint density at radius 2 is 1.56 bits per heavy atom. The Balaban J connectivity index is 0.000000318. The van der Waals surface area contributed by atoms with E-state index in [0.29, 0.717) is 12.2 Å². The van der Waals surface area contributed by atoms with Gasteiger partial charge in [-0.2, -0.15) is 12.1 Å². The second-order valence-corrected chi connectivity index (χ2v) is 2.86. The predicted molar refractivity (Wildman–Crippen MR) is 60.0 cm³/mol. The van der Waals surface area contributed by atoms with E-state index in [1.165, 1.54) is 0 Å². The Morgan fingerprint density at radius 3 is 1.94 bits per heavy atom. The van der Waals surface area contributed by atoms with Crippen LogP contribution in [-0.2, 0) is 21.8 Å².